The van der Waals surface area contributed by atoms with E-state index in [-0.39, 0.29) is 17.5 Å². The molecule has 5 aliphatic rings. The van der Waals surface area contributed by atoms with Gasteiger partial charge in [-0.25, -0.2) is 0 Å². The summed E-state index contributed by atoms with van der Waals surface area (Å²) in [6.07, 6.45) is 6.86. The smallest absolute Gasteiger partial charge is 0.237 e. The van der Waals surface area contributed by atoms with Gasteiger partial charge in [0.1, 0.15) is 6.04 Å². The number of nitrogens with zero attached hydrogens (tertiary/aromatic N) is 2. The van der Waals surface area contributed by atoms with Crippen LogP contribution in [0.25, 0.3) is 0 Å². The molecule has 6 atom stereocenters. The predicted molar refractivity (Wildman–Crippen MR) is 85.3 cm³/mol. The summed E-state index contributed by atoms with van der Waals surface area (Å²) in [6.45, 7) is 3.21. The standard InChI is InChI=1S/C18H27N3O2/c1-12-14-5-13-6-17(8-14,11-18(12,23)7-13)20-10-16(22)21-4-2-3-15(21)9-19/h12-15,20,23H,2-8,10-11H2,1H3/t12?,13?,14?,15-,17?,18?/m0/s1. The highest BCUT2D eigenvalue weighted by atomic mass is 16.3. The fraction of sp³-hybridized carbons (Fsp3) is 0.889. The molecule has 23 heavy (non-hydrogen) atoms. The number of carbonyl (C=O) groups is 1. The van der Waals surface area contributed by atoms with Crippen LogP contribution in [0.15, 0.2) is 0 Å². The van der Waals surface area contributed by atoms with Gasteiger partial charge in [-0.2, -0.15) is 5.26 Å². The largest absolute Gasteiger partial charge is 0.390 e. The summed E-state index contributed by atoms with van der Waals surface area (Å²) in [4.78, 5) is 14.2. The molecule has 5 nitrogen and oxygen atoms in total. The van der Waals surface area contributed by atoms with Crippen molar-refractivity contribution in [2.75, 3.05) is 13.1 Å². The van der Waals surface area contributed by atoms with Gasteiger partial charge in [-0.3, -0.25) is 4.79 Å². The minimum Gasteiger partial charge on any atom is -0.390 e. The van der Waals surface area contributed by atoms with Gasteiger partial charge in [-0.1, -0.05) is 6.92 Å². The van der Waals surface area contributed by atoms with Crippen molar-refractivity contribution in [3.8, 4) is 6.07 Å². The summed E-state index contributed by atoms with van der Waals surface area (Å²) >= 11 is 0. The minimum atomic E-state index is -0.539. The van der Waals surface area contributed by atoms with Crippen molar-refractivity contribution in [1.29, 1.82) is 5.26 Å². The Kier molecular flexibility index (Phi) is 3.48. The Labute approximate surface area is 138 Å². The van der Waals surface area contributed by atoms with E-state index in [9.17, 15) is 9.90 Å². The summed E-state index contributed by atoms with van der Waals surface area (Å²) in [7, 11) is 0. The number of amides is 1. The number of nitriles is 1. The van der Waals surface area contributed by atoms with Gasteiger partial charge < -0.3 is 15.3 Å². The number of carbonyl (C=O) groups excluding carboxylic acids is 1. The lowest BCUT2D eigenvalue weighted by Gasteiger charge is -2.63. The Bertz CT molecular complexity index is 559. The maximum atomic E-state index is 12.5. The maximum Gasteiger partial charge on any atom is 0.237 e. The Balaban J connectivity index is 1.43. The van der Waals surface area contributed by atoms with Crippen LogP contribution in [0.1, 0.15) is 51.9 Å². The molecule has 5 unspecified atom stereocenters. The molecular formula is C18H27N3O2. The van der Waals surface area contributed by atoms with Crippen molar-refractivity contribution >= 4 is 5.91 Å². The van der Waals surface area contributed by atoms with Crippen LogP contribution in [0.4, 0.5) is 0 Å². The van der Waals surface area contributed by atoms with Gasteiger partial charge in [-0.15, -0.1) is 0 Å². The maximum absolute atomic E-state index is 12.5. The van der Waals surface area contributed by atoms with E-state index < -0.39 is 5.60 Å². The van der Waals surface area contributed by atoms with Crippen LogP contribution in [0, 0.1) is 29.1 Å². The lowest BCUT2D eigenvalue weighted by molar-refractivity contribution is -0.180. The highest BCUT2D eigenvalue weighted by Crippen LogP contribution is 2.59. The molecule has 0 aromatic rings. The first-order valence-corrected chi connectivity index (χ1v) is 9.11. The number of aliphatic hydroxyl groups is 1. The van der Waals surface area contributed by atoms with Gasteiger partial charge in [0.05, 0.1) is 18.2 Å². The Morgan fingerprint density at radius 3 is 3.00 bits per heavy atom. The van der Waals surface area contributed by atoms with E-state index in [1.165, 1.54) is 6.42 Å². The summed E-state index contributed by atoms with van der Waals surface area (Å²) in [5, 5.41) is 23.7. The minimum absolute atomic E-state index is 0.0461. The van der Waals surface area contributed by atoms with Crippen molar-refractivity contribution in [1.82, 2.24) is 10.2 Å². The topological polar surface area (TPSA) is 76.4 Å². The Morgan fingerprint density at radius 1 is 1.43 bits per heavy atom. The van der Waals surface area contributed by atoms with Gasteiger partial charge >= 0.3 is 0 Å². The molecule has 1 amide bonds. The van der Waals surface area contributed by atoms with Gasteiger partial charge in [-0.05, 0) is 62.7 Å². The van der Waals surface area contributed by atoms with E-state index in [0.717, 1.165) is 38.5 Å². The van der Waals surface area contributed by atoms with Crippen molar-refractivity contribution < 1.29 is 9.90 Å². The summed E-state index contributed by atoms with van der Waals surface area (Å²) in [5.41, 5.74) is -0.604. The highest BCUT2D eigenvalue weighted by Gasteiger charge is 2.60. The molecule has 5 fully saturated rings. The number of hydrogen-bond donors (Lipinski definition) is 2. The third kappa shape index (κ3) is 2.38. The van der Waals surface area contributed by atoms with Crippen LogP contribution < -0.4 is 5.32 Å². The lowest BCUT2D eigenvalue weighted by Crippen LogP contribution is -2.68. The van der Waals surface area contributed by atoms with Crippen molar-refractivity contribution in [2.24, 2.45) is 17.8 Å². The molecule has 4 bridgehead atoms. The zero-order valence-electron chi connectivity index (χ0n) is 13.9. The highest BCUT2D eigenvalue weighted by molar-refractivity contribution is 5.79. The van der Waals surface area contributed by atoms with E-state index in [1.807, 2.05) is 0 Å². The molecule has 1 saturated heterocycles. The molecular weight excluding hydrogens is 290 g/mol. The number of hydrogen-bond acceptors (Lipinski definition) is 4. The molecule has 0 radical (unpaired) electrons. The van der Waals surface area contributed by atoms with E-state index in [1.54, 1.807) is 4.90 Å². The van der Waals surface area contributed by atoms with E-state index in [2.05, 4.69) is 18.3 Å². The monoisotopic (exact) mass is 317 g/mol. The third-order valence-corrected chi connectivity index (χ3v) is 7.15. The molecule has 1 aliphatic heterocycles. The molecule has 4 saturated carbocycles. The second kappa shape index (κ2) is 5.19. The Morgan fingerprint density at radius 2 is 2.26 bits per heavy atom. The molecule has 4 aliphatic carbocycles. The van der Waals surface area contributed by atoms with E-state index >= 15 is 0 Å². The average Bonchev–Trinajstić information content (AvgIpc) is 2.98. The van der Waals surface area contributed by atoms with Crippen LogP contribution in [0.3, 0.4) is 0 Å². The van der Waals surface area contributed by atoms with Crippen LogP contribution in [0.5, 0.6) is 0 Å². The molecule has 5 rings (SSSR count). The predicted octanol–water partition coefficient (Wildman–Crippen LogP) is 1.42. The molecule has 0 spiro atoms. The number of likely N-dealkylation sites (tertiary alicyclic amines) is 1. The van der Waals surface area contributed by atoms with Crippen molar-refractivity contribution in [3.63, 3.8) is 0 Å². The Hall–Kier alpha value is -1.12. The van der Waals surface area contributed by atoms with Crippen LogP contribution >= 0.6 is 0 Å². The molecule has 0 aromatic carbocycles. The van der Waals surface area contributed by atoms with Crippen LogP contribution in [-0.2, 0) is 4.79 Å². The SMILES string of the molecule is CC1C2CC3CC(NCC(=O)N4CCC[C@H]4C#N)(C2)CC1(O)C3. The molecule has 0 aromatic heterocycles. The van der Waals surface area contributed by atoms with E-state index in [0.29, 0.717) is 30.8 Å². The fourth-order valence-corrected chi connectivity index (χ4v) is 6.13. The lowest BCUT2D eigenvalue weighted by atomic mass is 9.47. The first-order valence-electron chi connectivity index (χ1n) is 9.11. The van der Waals surface area contributed by atoms with Crippen LogP contribution in [-0.4, -0.2) is 46.2 Å². The molecule has 2 N–H and O–H groups in total. The first kappa shape index (κ1) is 15.4. The van der Waals surface area contributed by atoms with Gasteiger partial charge in [0, 0.05) is 12.1 Å². The van der Waals surface area contributed by atoms with Gasteiger partial charge in [0.2, 0.25) is 5.91 Å². The number of nitrogens with one attached hydrogen (secondary N) is 1. The molecule has 126 valence electrons. The summed E-state index contributed by atoms with van der Waals surface area (Å²) in [6, 6.07) is 1.99. The van der Waals surface area contributed by atoms with E-state index in [4.69, 9.17) is 5.26 Å². The van der Waals surface area contributed by atoms with Gasteiger partial charge in [0.15, 0.2) is 0 Å². The summed E-state index contributed by atoms with van der Waals surface area (Å²) in [5.74, 6) is 1.61. The van der Waals surface area contributed by atoms with Crippen molar-refractivity contribution in [2.45, 2.75) is 69.1 Å². The zero-order valence-corrected chi connectivity index (χ0v) is 13.9. The van der Waals surface area contributed by atoms with Gasteiger partial charge in [0.25, 0.3) is 0 Å². The summed E-state index contributed by atoms with van der Waals surface area (Å²) < 4.78 is 0. The first-order chi connectivity index (χ1) is 10.9. The van der Waals surface area contributed by atoms with Crippen molar-refractivity contribution in [3.05, 3.63) is 0 Å². The molecule has 5 heteroatoms. The molecule has 1 heterocycles. The normalized spacial score (nSPS) is 47.8. The second-order valence-electron chi connectivity index (χ2n) is 8.55. The quantitative estimate of drug-likeness (QED) is 0.825. The fourth-order valence-electron chi connectivity index (χ4n) is 6.13. The number of rotatable bonds is 3. The van der Waals surface area contributed by atoms with Crippen LogP contribution in [0.2, 0.25) is 0 Å². The second-order valence-corrected chi connectivity index (χ2v) is 8.55. The average molecular weight is 317 g/mol. The third-order valence-electron chi connectivity index (χ3n) is 7.15. The zero-order chi connectivity index (χ0) is 16.2.